The van der Waals surface area contributed by atoms with Crippen LogP contribution in [0.5, 0.6) is 11.5 Å². The second kappa shape index (κ2) is 8.81. The first kappa shape index (κ1) is 20.3. The minimum Gasteiger partial charge on any atom is -0.497 e. The number of rotatable bonds is 6. The van der Waals surface area contributed by atoms with Crippen LogP contribution in [0.3, 0.4) is 0 Å². The Kier molecular flexibility index (Phi) is 5.96. The summed E-state index contributed by atoms with van der Waals surface area (Å²) in [5, 5.41) is 0.599. The zero-order chi connectivity index (χ0) is 21.1. The summed E-state index contributed by atoms with van der Waals surface area (Å²) in [6.45, 7) is 0.327. The van der Waals surface area contributed by atoms with Crippen molar-refractivity contribution in [2.45, 2.75) is 6.54 Å². The van der Waals surface area contributed by atoms with Crippen molar-refractivity contribution in [3.05, 3.63) is 76.5 Å². The zero-order valence-corrected chi connectivity index (χ0v) is 18.7. The van der Waals surface area contributed by atoms with Gasteiger partial charge >= 0.3 is 0 Å². The molecule has 0 unspecified atom stereocenters. The summed E-state index contributed by atoms with van der Waals surface area (Å²) < 4.78 is 12.7. The third-order valence-corrected chi connectivity index (χ3v) is 6.05. The molecule has 0 aliphatic rings. The van der Waals surface area contributed by atoms with Gasteiger partial charge in [-0.05, 0) is 48.0 Å². The van der Waals surface area contributed by atoms with E-state index >= 15 is 0 Å². The Morgan fingerprint density at radius 3 is 2.73 bits per heavy atom. The number of ether oxygens (including phenoxy) is 2. The van der Waals surface area contributed by atoms with Crippen LogP contribution in [0.1, 0.15) is 15.9 Å². The highest BCUT2D eigenvalue weighted by Gasteiger charge is 2.25. The molecule has 0 radical (unpaired) electrons. The monoisotopic (exact) mass is 483 g/mol. The molecule has 6 nitrogen and oxygen atoms in total. The zero-order valence-electron chi connectivity index (χ0n) is 16.3. The number of nitrogens with zero attached hydrogens (tertiary/aromatic N) is 3. The van der Waals surface area contributed by atoms with Crippen LogP contribution in [0.2, 0.25) is 0 Å². The molecule has 0 saturated heterocycles. The van der Waals surface area contributed by atoms with Crippen LogP contribution >= 0.6 is 27.3 Å². The van der Waals surface area contributed by atoms with Crippen LogP contribution < -0.4 is 14.4 Å². The molecule has 0 aliphatic carbocycles. The van der Waals surface area contributed by atoms with Gasteiger partial charge in [0, 0.05) is 16.9 Å². The first-order valence-corrected chi connectivity index (χ1v) is 10.7. The molecule has 1 amide bonds. The van der Waals surface area contributed by atoms with Gasteiger partial charge in [-0.3, -0.25) is 14.7 Å². The third-order valence-electron chi connectivity index (χ3n) is 4.52. The van der Waals surface area contributed by atoms with Crippen molar-refractivity contribution in [1.82, 2.24) is 9.97 Å². The minimum absolute atomic E-state index is 0.229. The third kappa shape index (κ3) is 4.15. The highest BCUT2D eigenvalue weighted by atomic mass is 79.9. The molecule has 8 heteroatoms. The Morgan fingerprint density at radius 2 is 2.00 bits per heavy atom. The highest BCUT2D eigenvalue weighted by Crippen LogP contribution is 2.34. The van der Waals surface area contributed by atoms with Crippen molar-refractivity contribution >= 4 is 48.5 Å². The van der Waals surface area contributed by atoms with Crippen LogP contribution in [0.25, 0.3) is 10.2 Å². The lowest BCUT2D eigenvalue weighted by Crippen LogP contribution is -2.30. The number of benzene rings is 2. The van der Waals surface area contributed by atoms with Gasteiger partial charge in [0.25, 0.3) is 5.91 Å². The molecule has 0 atom stereocenters. The molecule has 2 aromatic carbocycles. The Balaban J connectivity index is 1.81. The van der Waals surface area contributed by atoms with Crippen molar-refractivity contribution in [3.8, 4) is 11.5 Å². The number of hydrogen-bond donors (Lipinski definition) is 0. The Labute approximate surface area is 186 Å². The van der Waals surface area contributed by atoms with Crippen LogP contribution in [-0.2, 0) is 6.54 Å². The summed E-state index contributed by atoms with van der Waals surface area (Å²) in [7, 11) is 3.11. The smallest absolute Gasteiger partial charge is 0.264 e. The van der Waals surface area contributed by atoms with Crippen LogP contribution in [0.15, 0.2) is 65.4 Å². The molecule has 0 bridgehead atoms. The van der Waals surface area contributed by atoms with E-state index in [-0.39, 0.29) is 5.91 Å². The van der Waals surface area contributed by atoms with Crippen molar-refractivity contribution in [2.24, 2.45) is 0 Å². The Morgan fingerprint density at radius 1 is 1.13 bits per heavy atom. The first-order valence-electron chi connectivity index (χ1n) is 9.08. The molecule has 0 aliphatic heterocycles. The summed E-state index contributed by atoms with van der Waals surface area (Å²) in [5.41, 5.74) is 2.13. The maximum Gasteiger partial charge on any atom is 0.264 e. The molecule has 0 spiro atoms. The molecule has 0 N–H and O–H groups in total. The molecule has 4 rings (SSSR count). The molecule has 30 heavy (non-hydrogen) atoms. The van der Waals surface area contributed by atoms with Gasteiger partial charge in [-0.2, -0.15) is 0 Å². The van der Waals surface area contributed by atoms with E-state index in [1.165, 1.54) is 11.3 Å². The van der Waals surface area contributed by atoms with Gasteiger partial charge in [0.2, 0.25) is 0 Å². The summed E-state index contributed by atoms with van der Waals surface area (Å²) in [6, 6.07) is 14.8. The number of amides is 1. The van der Waals surface area contributed by atoms with Gasteiger partial charge in [0.05, 0.1) is 36.5 Å². The van der Waals surface area contributed by atoms with Gasteiger partial charge < -0.3 is 9.47 Å². The average molecular weight is 484 g/mol. The molecule has 0 fully saturated rings. The molecular formula is C22H18BrN3O3S. The minimum atomic E-state index is -0.229. The number of thiazole rings is 1. The summed E-state index contributed by atoms with van der Waals surface area (Å²) in [6.07, 6.45) is 3.45. The first-order chi connectivity index (χ1) is 14.6. The SMILES string of the molecule is COc1ccc(OC)c(C(=O)N(Cc2cccnc2)c2nc3ccc(Br)cc3s2)c1. The molecule has 0 saturated carbocycles. The quantitative estimate of drug-likeness (QED) is 0.371. The fraction of sp³-hybridized carbons (Fsp3) is 0.136. The largest absolute Gasteiger partial charge is 0.497 e. The number of carbonyl (C=O) groups excluding carboxylic acids is 1. The van der Waals surface area contributed by atoms with E-state index in [1.54, 1.807) is 49.7 Å². The second-order valence-electron chi connectivity index (χ2n) is 6.43. The van der Waals surface area contributed by atoms with Gasteiger partial charge in [-0.25, -0.2) is 4.98 Å². The van der Waals surface area contributed by atoms with Gasteiger partial charge in [-0.15, -0.1) is 0 Å². The lowest BCUT2D eigenvalue weighted by Gasteiger charge is -2.21. The second-order valence-corrected chi connectivity index (χ2v) is 8.35. The maximum absolute atomic E-state index is 13.7. The van der Waals surface area contributed by atoms with E-state index in [1.807, 2.05) is 30.3 Å². The van der Waals surface area contributed by atoms with Gasteiger partial charge in [-0.1, -0.05) is 33.3 Å². The van der Waals surface area contributed by atoms with E-state index in [4.69, 9.17) is 14.5 Å². The van der Waals surface area contributed by atoms with E-state index in [2.05, 4.69) is 20.9 Å². The number of halogens is 1. The Hall–Kier alpha value is -2.97. The molecule has 2 heterocycles. The number of fused-ring (bicyclic) bond motifs is 1. The van der Waals surface area contributed by atoms with E-state index in [0.29, 0.717) is 28.7 Å². The molecule has 4 aromatic rings. The predicted octanol–water partition coefficient (Wildman–Crippen LogP) is 5.32. The summed E-state index contributed by atoms with van der Waals surface area (Å²) in [4.78, 5) is 24.2. The number of anilines is 1. The van der Waals surface area contributed by atoms with E-state index in [9.17, 15) is 4.79 Å². The molecule has 152 valence electrons. The van der Waals surface area contributed by atoms with Crippen LogP contribution in [0.4, 0.5) is 5.13 Å². The van der Waals surface area contributed by atoms with Gasteiger partial charge in [0.1, 0.15) is 11.5 Å². The molecule has 2 aromatic heterocycles. The highest BCUT2D eigenvalue weighted by molar-refractivity contribution is 9.10. The van der Waals surface area contributed by atoms with Crippen LogP contribution in [0, 0.1) is 0 Å². The van der Waals surface area contributed by atoms with E-state index < -0.39 is 0 Å². The topological polar surface area (TPSA) is 64.6 Å². The fourth-order valence-electron chi connectivity index (χ4n) is 3.03. The Bertz CT molecular complexity index is 1200. The number of pyridine rings is 1. The normalized spacial score (nSPS) is 10.8. The fourth-order valence-corrected chi connectivity index (χ4v) is 4.54. The van der Waals surface area contributed by atoms with Crippen molar-refractivity contribution < 1.29 is 14.3 Å². The molecular weight excluding hydrogens is 466 g/mol. The van der Waals surface area contributed by atoms with Gasteiger partial charge in [0.15, 0.2) is 5.13 Å². The lowest BCUT2D eigenvalue weighted by molar-refractivity contribution is 0.0982. The lowest BCUT2D eigenvalue weighted by atomic mass is 10.1. The number of methoxy groups -OCH3 is 2. The van der Waals surface area contributed by atoms with Crippen molar-refractivity contribution in [2.75, 3.05) is 19.1 Å². The number of hydrogen-bond acceptors (Lipinski definition) is 6. The standard InChI is InChI=1S/C22H18BrN3O3S/c1-28-16-6-8-19(29-2)17(11-16)21(27)26(13-14-4-3-9-24-12-14)22-25-18-7-5-15(23)10-20(18)30-22/h3-12H,13H2,1-2H3. The number of aromatic nitrogens is 2. The summed E-state index contributed by atoms with van der Waals surface area (Å²) >= 11 is 4.95. The van der Waals surface area contributed by atoms with Crippen LogP contribution in [-0.4, -0.2) is 30.1 Å². The van der Waals surface area contributed by atoms with Crippen molar-refractivity contribution in [1.29, 1.82) is 0 Å². The summed E-state index contributed by atoms with van der Waals surface area (Å²) in [5.74, 6) is 0.822. The maximum atomic E-state index is 13.7. The van der Waals surface area contributed by atoms with E-state index in [0.717, 1.165) is 20.3 Å². The number of carbonyl (C=O) groups is 1. The average Bonchev–Trinajstić information content (AvgIpc) is 3.20. The van der Waals surface area contributed by atoms with Crippen molar-refractivity contribution in [3.63, 3.8) is 0 Å². The predicted molar refractivity (Wildman–Crippen MR) is 122 cm³/mol.